The fourth-order valence-corrected chi connectivity index (χ4v) is 1.92. The predicted octanol–water partition coefficient (Wildman–Crippen LogP) is 3.29. The summed E-state index contributed by atoms with van der Waals surface area (Å²) in [4.78, 5) is 0. The molecule has 2 aromatic carbocycles. The van der Waals surface area contributed by atoms with Gasteiger partial charge in [-0.15, -0.1) is 0 Å². The molecule has 94 valence electrons. The van der Waals surface area contributed by atoms with Crippen LogP contribution in [0.3, 0.4) is 0 Å². The lowest BCUT2D eigenvalue weighted by Gasteiger charge is -2.06. The molecule has 0 spiro atoms. The number of hydrogen-bond acceptors (Lipinski definition) is 2. The van der Waals surface area contributed by atoms with Crippen molar-refractivity contribution < 1.29 is 4.74 Å². The SMILES string of the molecule is COc1ccc(CNCc2cccc(C)c2)cc1. The van der Waals surface area contributed by atoms with Crippen molar-refractivity contribution in [3.63, 3.8) is 0 Å². The first-order chi connectivity index (χ1) is 8.78. The molecule has 0 saturated carbocycles. The smallest absolute Gasteiger partial charge is 0.118 e. The van der Waals surface area contributed by atoms with Crippen LogP contribution in [0, 0.1) is 6.92 Å². The van der Waals surface area contributed by atoms with Gasteiger partial charge in [0.25, 0.3) is 0 Å². The number of benzene rings is 2. The van der Waals surface area contributed by atoms with Crippen molar-refractivity contribution in [2.45, 2.75) is 20.0 Å². The Balaban J connectivity index is 1.84. The lowest BCUT2D eigenvalue weighted by atomic mass is 10.1. The average molecular weight is 241 g/mol. The summed E-state index contributed by atoms with van der Waals surface area (Å²) in [6.45, 7) is 3.89. The van der Waals surface area contributed by atoms with Crippen LogP contribution >= 0.6 is 0 Å². The van der Waals surface area contributed by atoms with E-state index in [2.05, 4.69) is 48.6 Å². The quantitative estimate of drug-likeness (QED) is 0.867. The molecule has 0 atom stereocenters. The van der Waals surface area contributed by atoms with Gasteiger partial charge in [-0.25, -0.2) is 0 Å². The summed E-state index contributed by atoms with van der Waals surface area (Å²) in [6.07, 6.45) is 0. The van der Waals surface area contributed by atoms with Crippen LogP contribution in [-0.4, -0.2) is 7.11 Å². The third kappa shape index (κ3) is 3.60. The van der Waals surface area contributed by atoms with Gasteiger partial charge in [-0.2, -0.15) is 0 Å². The Morgan fingerprint density at radius 2 is 1.67 bits per heavy atom. The first-order valence-corrected chi connectivity index (χ1v) is 6.17. The molecular formula is C16H19NO. The first-order valence-electron chi connectivity index (χ1n) is 6.17. The first kappa shape index (κ1) is 12.7. The molecule has 0 fully saturated rings. The van der Waals surface area contributed by atoms with Gasteiger partial charge >= 0.3 is 0 Å². The maximum absolute atomic E-state index is 5.14. The zero-order chi connectivity index (χ0) is 12.8. The minimum absolute atomic E-state index is 0.873. The molecule has 0 unspecified atom stereocenters. The Labute approximate surface area is 109 Å². The van der Waals surface area contributed by atoms with Gasteiger partial charge in [0.05, 0.1) is 7.11 Å². The molecule has 2 aromatic rings. The highest BCUT2D eigenvalue weighted by Crippen LogP contribution is 2.11. The summed E-state index contributed by atoms with van der Waals surface area (Å²) < 4.78 is 5.14. The largest absolute Gasteiger partial charge is 0.497 e. The molecule has 18 heavy (non-hydrogen) atoms. The van der Waals surface area contributed by atoms with Gasteiger partial charge in [0, 0.05) is 13.1 Å². The molecule has 2 heteroatoms. The monoisotopic (exact) mass is 241 g/mol. The van der Waals surface area contributed by atoms with Crippen LogP contribution in [0.25, 0.3) is 0 Å². The molecule has 0 radical (unpaired) electrons. The molecule has 0 aliphatic carbocycles. The van der Waals surface area contributed by atoms with E-state index >= 15 is 0 Å². The molecule has 2 rings (SSSR count). The topological polar surface area (TPSA) is 21.3 Å². The predicted molar refractivity (Wildman–Crippen MR) is 74.7 cm³/mol. The number of aryl methyl sites for hydroxylation is 1. The second-order valence-electron chi connectivity index (χ2n) is 4.44. The van der Waals surface area contributed by atoms with E-state index < -0.39 is 0 Å². The van der Waals surface area contributed by atoms with Gasteiger partial charge in [-0.1, -0.05) is 42.0 Å². The highest BCUT2D eigenvalue weighted by Gasteiger charge is 1.96. The fraction of sp³-hybridized carbons (Fsp3) is 0.250. The molecule has 0 bridgehead atoms. The van der Waals surface area contributed by atoms with E-state index in [1.165, 1.54) is 16.7 Å². The Morgan fingerprint density at radius 3 is 2.33 bits per heavy atom. The Kier molecular flexibility index (Phi) is 4.37. The van der Waals surface area contributed by atoms with E-state index in [9.17, 15) is 0 Å². The lowest BCUT2D eigenvalue weighted by molar-refractivity contribution is 0.414. The van der Waals surface area contributed by atoms with E-state index in [1.54, 1.807) is 7.11 Å². The summed E-state index contributed by atoms with van der Waals surface area (Å²) >= 11 is 0. The van der Waals surface area contributed by atoms with Crippen LogP contribution in [-0.2, 0) is 13.1 Å². The number of nitrogens with one attached hydrogen (secondary N) is 1. The Hall–Kier alpha value is -1.80. The van der Waals surface area contributed by atoms with Gasteiger partial charge < -0.3 is 10.1 Å². The second kappa shape index (κ2) is 6.22. The normalized spacial score (nSPS) is 10.3. The van der Waals surface area contributed by atoms with E-state index in [1.807, 2.05) is 12.1 Å². The van der Waals surface area contributed by atoms with Gasteiger partial charge in [-0.05, 0) is 30.2 Å². The molecule has 0 aliphatic rings. The van der Waals surface area contributed by atoms with Gasteiger partial charge in [0.1, 0.15) is 5.75 Å². The van der Waals surface area contributed by atoms with Crippen LogP contribution in [0.5, 0.6) is 5.75 Å². The molecule has 0 heterocycles. The van der Waals surface area contributed by atoms with E-state index in [4.69, 9.17) is 4.74 Å². The van der Waals surface area contributed by atoms with E-state index in [0.29, 0.717) is 0 Å². The third-order valence-corrected chi connectivity index (χ3v) is 2.90. The second-order valence-corrected chi connectivity index (χ2v) is 4.44. The standard InChI is InChI=1S/C16H19NO/c1-13-4-3-5-15(10-13)12-17-11-14-6-8-16(18-2)9-7-14/h3-10,17H,11-12H2,1-2H3. The van der Waals surface area contributed by atoms with E-state index in [0.717, 1.165) is 18.8 Å². The van der Waals surface area contributed by atoms with Crippen LogP contribution < -0.4 is 10.1 Å². The third-order valence-electron chi connectivity index (χ3n) is 2.90. The minimum atomic E-state index is 0.873. The number of methoxy groups -OCH3 is 1. The highest BCUT2D eigenvalue weighted by molar-refractivity contribution is 5.27. The molecular weight excluding hydrogens is 222 g/mol. The van der Waals surface area contributed by atoms with Crippen molar-refractivity contribution in [2.75, 3.05) is 7.11 Å². The zero-order valence-corrected chi connectivity index (χ0v) is 10.9. The van der Waals surface area contributed by atoms with Crippen molar-refractivity contribution in [3.8, 4) is 5.75 Å². The maximum atomic E-state index is 5.14. The molecule has 0 aromatic heterocycles. The summed E-state index contributed by atoms with van der Waals surface area (Å²) in [5, 5.41) is 3.44. The molecule has 2 nitrogen and oxygen atoms in total. The maximum Gasteiger partial charge on any atom is 0.118 e. The van der Waals surface area contributed by atoms with E-state index in [-0.39, 0.29) is 0 Å². The van der Waals surface area contributed by atoms with Crippen molar-refractivity contribution in [3.05, 3.63) is 65.2 Å². The van der Waals surface area contributed by atoms with Crippen molar-refractivity contribution in [2.24, 2.45) is 0 Å². The molecule has 0 aliphatic heterocycles. The van der Waals surface area contributed by atoms with Crippen LogP contribution in [0.4, 0.5) is 0 Å². The average Bonchev–Trinajstić information content (AvgIpc) is 2.40. The molecule has 1 N–H and O–H groups in total. The number of ether oxygens (including phenoxy) is 1. The van der Waals surface area contributed by atoms with Crippen LogP contribution in [0.2, 0.25) is 0 Å². The fourth-order valence-electron chi connectivity index (χ4n) is 1.92. The van der Waals surface area contributed by atoms with Gasteiger partial charge in [-0.3, -0.25) is 0 Å². The Bertz CT molecular complexity index is 491. The minimum Gasteiger partial charge on any atom is -0.497 e. The van der Waals surface area contributed by atoms with Gasteiger partial charge in [0.15, 0.2) is 0 Å². The van der Waals surface area contributed by atoms with Crippen LogP contribution in [0.15, 0.2) is 48.5 Å². The van der Waals surface area contributed by atoms with Gasteiger partial charge in [0.2, 0.25) is 0 Å². The zero-order valence-electron chi connectivity index (χ0n) is 10.9. The summed E-state index contributed by atoms with van der Waals surface area (Å²) in [5.41, 5.74) is 3.89. The summed E-state index contributed by atoms with van der Waals surface area (Å²) in [7, 11) is 1.69. The summed E-state index contributed by atoms with van der Waals surface area (Å²) in [6, 6.07) is 16.7. The Morgan fingerprint density at radius 1 is 0.944 bits per heavy atom. The number of rotatable bonds is 5. The summed E-state index contributed by atoms with van der Waals surface area (Å²) in [5.74, 6) is 0.900. The number of hydrogen-bond donors (Lipinski definition) is 1. The highest BCUT2D eigenvalue weighted by atomic mass is 16.5. The van der Waals surface area contributed by atoms with Crippen molar-refractivity contribution in [1.82, 2.24) is 5.32 Å². The van der Waals surface area contributed by atoms with Crippen LogP contribution in [0.1, 0.15) is 16.7 Å². The lowest BCUT2D eigenvalue weighted by Crippen LogP contribution is -2.12. The molecule has 0 saturated heterocycles. The molecule has 0 amide bonds. The van der Waals surface area contributed by atoms with Crippen molar-refractivity contribution in [1.29, 1.82) is 0 Å². The van der Waals surface area contributed by atoms with Crippen molar-refractivity contribution >= 4 is 0 Å².